The van der Waals surface area contributed by atoms with Crippen LogP contribution >= 0.6 is 11.8 Å². The highest BCUT2D eigenvalue weighted by Crippen LogP contribution is 2.24. The smallest absolute Gasteiger partial charge is 0.238 e. The van der Waals surface area contributed by atoms with Crippen LogP contribution in [-0.2, 0) is 10.0 Å². The van der Waals surface area contributed by atoms with Crippen molar-refractivity contribution in [1.82, 2.24) is 4.90 Å². The van der Waals surface area contributed by atoms with Crippen LogP contribution in [0.5, 0.6) is 0 Å². The molecule has 5 nitrogen and oxygen atoms in total. The molecular formula is C12H21N3O2S2. The van der Waals surface area contributed by atoms with Crippen molar-refractivity contribution in [3.8, 4) is 0 Å². The second-order valence-corrected chi connectivity index (χ2v) is 6.89. The first-order valence-corrected chi connectivity index (χ1v) is 8.68. The average molecular weight is 303 g/mol. The van der Waals surface area contributed by atoms with Crippen LogP contribution in [0.4, 0.5) is 5.69 Å². The SMILES string of the molecule is CCN(CC)CCSc1cc(N)cc(S(N)(=O)=O)c1. The first-order chi connectivity index (χ1) is 8.86. The molecule has 0 aliphatic carbocycles. The maximum atomic E-state index is 11.3. The van der Waals surface area contributed by atoms with Gasteiger partial charge in [-0.1, -0.05) is 13.8 Å². The Bertz CT molecular complexity index is 514. The second kappa shape index (κ2) is 7.14. The zero-order chi connectivity index (χ0) is 14.5. The minimum Gasteiger partial charge on any atom is -0.399 e. The minimum absolute atomic E-state index is 0.0674. The molecule has 0 saturated carbocycles. The van der Waals surface area contributed by atoms with E-state index in [2.05, 4.69) is 18.7 Å². The van der Waals surface area contributed by atoms with E-state index in [4.69, 9.17) is 10.9 Å². The molecule has 1 aromatic rings. The van der Waals surface area contributed by atoms with Gasteiger partial charge in [0.1, 0.15) is 0 Å². The van der Waals surface area contributed by atoms with Crippen molar-refractivity contribution in [2.45, 2.75) is 23.6 Å². The quantitative estimate of drug-likeness (QED) is 0.586. The summed E-state index contributed by atoms with van der Waals surface area (Å²) in [5.41, 5.74) is 6.11. The van der Waals surface area contributed by atoms with Gasteiger partial charge < -0.3 is 10.6 Å². The van der Waals surface area contributed by atoms with Crippen LogP contribution in [-0.4, -0.2) is 38.7 Å². The van der Waals surface area contributed by atoms with Gasteiger partial charge in [0.2, 0.25) is 10.0 Å². The number of thioether (sulfide) groups is 1. The molecule has 0 saturated heterocycles. The van der Waals surface area contributed by atoms with Gasteiger partial charge in [-0.15, -0.1) is 11.8 Å². The zero-order valence-electron chi connectivity index (χ0n) is 11.3. The van der Waals surface area contributed by atoms with E-state index in [-0.39, 0.29) is 4.90 Å². The predicted octanol–water partition coefficient (Wildman–Crippen LogP) is 1.35. The molecule has 1 rings (SSSR count). The van der Waals surface area contributed by atoms with Crippen molar-refractivity contribution >= 4 is 27.5 Å². The van der Waals surface area contributed by atoms with Crippen LogP contribution in [0.2, 0.25) is 0 Å². The topological polar surface area (TPSA) is 89.4 Å². The molecule has 0 atom stereocenters. The maximum absolute atomic E-state index is 11.3. The lowest BCUT2D eigenvalue weighted by molar-refractivity contribution is 0.324. The lowest BCUT2D eigenvalue weighted by Gasteiger charge is -2.17. The number of rotatable bonds is 7. The third-order valence-corrected chi connectivity index (χ3v) is 4.65. The number of nitrogen functional groups attached to an aromatic ring is 1. The molecular weight excluding hydrogens is 282 g/mol. The molecule has 0 spiro atoms. The molecule has 0 unspecified atom stereocenters. The molecule has 0 aliphatic rings. The summed E-state index contributed by atoms with van der Waals surface area (Å²) < 4.78 is 22.6. The Kier molecular flexibility index (Phi) is 6.12. The fourth-order valence-electron chi connectivity index (χ4n) is 1.67. The van der Waals surface area contributed by atoms with Crippen LogP contribution in [0.25, 0.3) is 0 Å². The number of hydrogen-bond donors (Lipinski definition) is 2. The number of benzene rings is 1. The summed E-state index contributed by atoms with van der Waals surface area (Å²) >= 11 is 1.58. The fourth-order valence-corrected chi connectivity index (χ4v) is 3.35. The highest BCUT2D eigenvalue weighted by Gasteiger charge is 2.10. The van der Waals surface area contributed by atoms with Crippen LogP contribution in [0.3, 0.4) is 0 Å². The van der Waals surface area contributed by atoms with Crippen molar-refractivity contribution in [1.29, 1.82) is 0 Å². The molecule has 19 heavy (non-hydrogen) atoms. The normalized spacial score (nSPS) is 12.0. The number of nitrogens with zero attached hydrogens (tertiary/aromatic N) is 1. The van der Waals surface area contributed by atoms with E-state index in [9.17, 15) is 8.42 Å². The van der Waals surface area contributed by atoms with Crippen molar-refractivity contribution in [3.63, 3.8) is 0 Å². The van der Waals surface area contributed by atoms with E-state index < -0.39 is 10.0 Å². The van der Waals surface area contributed by atoms with Crippen molar-refractivity contribution in [2.75, 3.05) is 31.1 Å². The Morgan fingerprint density at radius 1 is 1.21 bits per heavy atom. The molecule has 7 heteroatoms. The summed E-state index contributed by atoms with van der Waals surface area (Å²) in [4.78, 5) is 3.20. The van der Waals surface area contributed by atoms with Crippen molar-refractivity contribution in [3.05, 3.63) is 18.2 Å². The Morgan fingerprint density at radius 2 is 1.84 bits per heavy atom. The van der Waals surface area contributed by atoms with Crippen LogP contribution in [0, 0.1) is 0 Å². The van der Waals surface area contributed by atoms with Gasteiger partial charge in [-0.3, -0.25) is 0 Å². The molecule has 0 aliphatic heterocycles. The lowest BCUT2D eigenvalue weighted by Crippen LogP contribution is -2.25. The van der Waals surface area contributed by atoms with E-state index in [1.807, 2.05) is 0 Å². The fraction of sp³-hybridized carbons (Fsp3) is 0.500. The summed E-state index contributed by atoms with van der Waals surface area (Å²) in [6.07, 6.45) is 0. The summed E-state index contributed by atoms with van der Waals surface area (Å²) in [5.74, 6) is 0.884. The first-order valence-electron chi connectivity index (χ1n) is 6.15. The first kappa shape index (κ1) is 16.3. The van der Waals surface area contributed by atoms with E-state index in [1.165, 1.54) is 6.07 Å². The molecule has 0 amide bonds. The average Bonchev–Trinajstić information content (AvgIpc) is 2.33. The zero-order valence-corrected chi connectivity index (χ0v) is 12.9. The molecule has 108 valence electrons. The lowest BCUT2D eigenvalue weighted by atomic mass is 10.3. The maximum Gasteiger partial charge on any atom is 0.238 e. The number of hydrogen-bond acceptors (Lipinski definition) is 5. The summed E-state index contributed by atoms with van der Waals surface area (Å²) in [5, 5.41) is 5.11. The Balaban J connectivity index is 2.72. The molecule has 0 fully saturated rings. The third-order valence-electron chi connectivity index (χ3n) is 2.80. The molecule has 1 aromatic carbocycles. The van der Waals surface area contributed by atoms with E-state index in [0.717, 1.165) is 30.3 Å². The standard InChI is InChI=1S/C12H21N3O2S2/c1-3-15(4-2)5-6-18-11-7-10(13)8-12(9-11)19(14,16)17/h7-9H,3-6,13H2,1-2H3,(H2,14,16,17). The summed E-state index contributed by atoms with van der Waals surface area (Å²) in [6.45, 7) is 7.21. The van der Waals surface area contributed by atoms with Crippen molar-refractivity contribution < 1.29 is 8.42 Å². The number of nitrogens with two attached hydrogens (primary N) is 2. The van der Waals surface area contributed by atoms with Crippen molar-refractivity contribution in [2.24, 2.45) is 5.14 Å². The largest absolute Gasteiger partial charge is 0.399 e. The molecule has 0 radical (unpaired) electrons. The van der Waals surface area contributed by atoms with Crippen LogP contribution in [0.15, 0.2) is 28.0 Å². The second-order valence-electron chi connectivity index (χ2n) is 4.16. The van der Waals surface area contributed by atoms with Crippen LogP contribution in [0.1, 0.15) is 13.8 Å². The summed E-state index contributed by atoms with van der Waals surface area (Å²) in [6, 6.07) is 4.71. The monoisotopic (exact) mass is 303 g/mol. The van der Waals surface area contributed by atoms with Crippen LogP contribution < -0.4 is 10.9 Å². The molecule has 4 N–H and O–H groups in total. The molecule has 0 bridgehead atoms. The Morgan fingerprint density at radius 3 is 2.37 bits per heavy atom. The van der Waals surface area contributed by atoms with Gasteiger partial charge in [0.25, 0.3) is 0 Å². The highest BCUT2D eigenvalue weighted by atomic mass is 32.2. The predicted molar refractivity (Wildman–Crippen MR) is 80.7 cm³/mol. The van der Waals surface area contributed by atoms with Gasteiger partial charge in [-0.2, -0.15) is 0 Å². The highest BCUT2D eigenvalue weighted by molar-refractivity contribution is 7.99. The van der Waals surface area contributed by atoms with E-state index in [1.54, 1.807) is 23.9 Å². The van der Waals surface area contributed by atoms with Gasteiger partial charge in [0.05, 0.1) is 4.90 Å². The number of anilines is 1. The minimum atomic E-state index is -3.70. The van der Waals surface area contributed by atoms with Gasteiger partial charge in [0, 0.05) is 22.9 Å². The molecule has 0 aromatic heterocycles. The number of primary sulfonamides is 1. The molecule has 0 heterocycles. The summed E-state index contributed by atoms with van der Waals surface area (Å²) in [7, 11) is -3.70. The number of sulfonamides is 1. The van der Waals surface area contributed by atoms with E-state index in [0.29, 0.717) is 5.69 Å². The van der Waals surface area contributed by atoms with Gasteiger partial charge in [-0.25, -0.2) is 13.6 Å². The van der Waals surface area contributed by atoms with Gasteiger partial charge in [0.15, 0.2) is 0 Å². The van der Waals surface area contributed by atoms with Gasteiger partial charge in [-0.05, 0) is 31.3 Å². The van der Waals surface area contributed by atoms with Gasteiger partial charge >= 0.3 is 0 Å². The Labute approximate surface area is 119 Å². The van der Waals surface area contributed by atoms with E-state index >= 15 is 0 Å². The third kappa shape index (κ3) is 5.40. The Hall–Kier alpha value is -0.760.